The van der Waals surface area contributed by atoms with Crippen molar-refractivity contribution in [3.8, 4) is 0 Å². The SMILES string of the molecule is Cc1nc(SCc2ccnc(C(=O)O)c2)n[nH]1. The first-order valence-electron chi connectivity index (χ1n) is 4.85. The van der Waals surface area contributed by atoms with Crippen LogP contribution in [0.5, 0.6) is 0 Å². The summed E-state index contributed by atoms with van der Waals surface area (Å²) >= 11 is 1.44. The molecule has 0 amide bonds. The van der Waals surface area contributed by atoms with E-state index in [0.29, 0.717) is 10.9 Å². The molecule has 0 saturated heterocycles. The van der Waals surface area contributed by atoms with Crippen molar-refractivity contribution in [2.24, 2.45) is 0 Å². The van der Waals surface area contributed by atoms with Crippen molar-refractivity contribution >= 4 is 17.7 Å². The summed E-state index contributed by atoms with van der Waals surface area (Å²) in [7, 11) is 0. The lowest BCUT2D eigenvalue weighted by molar-refractivity contribution is 0.0690. The number of carboxylic acid groups (broad SMARTS) is 1. The zero-order valence-corrected chi connectivity index (χ0v) is 9.86. The molecule has 2 N–H and O–H groups in total. The van der Waals surface area contributed by atoms with Gasteiger partial charge in [-0.25, -0.2) is 14.8 Å². The van der Waals surface area contributed by atoms with Crippen LogP contribution < -0.4 is 0 Å². The standard InChI is InChI=1S/C10H10N4O2S/c1-6-12-10(14-13-6)17-5-7-2-3-11-8(4-7)9(15)16/h2-4H,5H2,1H3,(H,15,16)(H,12,13,14). The molecule has 0 saturated carbocycles. The lowest BCUT2D eigenvalue weighted by Gasteiger charge is -1.99. The van der Waals surface area contributed by atoms with Gasteiger partial charge < -0.3 is 5.11 Å². The monoisotopic (exact) mass is 250 g/mol. The Bertz CT molecular complexity index is 541. The van der Waals surface area contributed by atoms with Crippen LogP contribution in [0, 0.1) is 6.92 Å². The second-order valence-corrected chi connectivity index (χ2v) is 4.29. The summed E-state index contributed by atoms with van der Waals surface area (Å²) in [5, 5.41) is 16.2. The largest absolute Gasteiger partial charge is 0.477 e. The van der Waals surface area contributed by atoms with Crippen LogP contribution in [0.25, 0.3) is 0 Å². The van der Waals surface area contributed by atoms with Crippen LogP contribution >= 0.6 is 11.8 Å². The van der Waals surface area contributed by atoms with E-state index in [4.69, 9.17) is 5.11 Å². The maximum atomic E-state index is 10.7. The van der Waals surface area contributed by atoms with Crippen molar-refractivity contribution in [3.63, 3.8) is 0 Å². The number of carbonyl (C=O) groups is 1. The number of hydrogen-bond acceptors (Lipinski definition) is 5. The van der Waals surface area contributed by atoms with Crippen LogP contribution in [0.4, 0.5) is 0 Å². The number of pyridine rings is 1. The third kappa shape index (κ3) is 3.04. The van der Waals surface area contributed by atoms with Gasteiger partial charge in [0.1, 0.15) is 11.5 Å². The molecule has 0 aliphatic carbocycles. The summed E-state index contributed by atoms with van der Waals surface area (Å²) in [4.78, 5) is 18.6. The summed E-state index contributed by atoms with van der Waals surface area (Å²) in [5.74, 6) is 0.346. The molecule has 0 spiro atoms. The van der Waals surface area contributed by atoms with E-state index in [1.54, 1.807) is 12.1 Å². The molecule has 6 nitrogen and oxygen atoms in total. The predicted octanol–water partition coefficient (Wildman–Crippen LogP) is 1.50. The van der Waals surface area contributed by atoms with E-state index >= 15 is 0 Å². The summed E-state index contributed by atoms with van der Waals surface area (Å²) in [6.07, 6.45) is 1.49. The second-order valence-electron chi connectivity index (χ2n) is 3.35. The Balaban J connectivity index is 2.04. The molecule has 2 heterocycles. The van der Waals surface area contributed by atoms with E-state index < -0.39 is 5.97 Å². The number of aryl methyl sites for hydroxylation is 1. The van der Waals surface area contributed by atoms with Gasteiger partial charge in [-0.3, -0.25) is 5.10 Å². The molecular weight excluding hydrogens is 240 g/mol. The fourth-order valence-corrected chi connectivity index (χ4v) is 2.00. The molecule has 88 valence electrons. The third-order valence-corrected chi connectivity index (χ3v) is 2.91. The minimum atomic E-state index is -1.02. The van der Waals surface area contributed by atoms with Gasteiger partial charge in [0.05, 0.1) is 0 Å². The smallest absolute Gasteiger partial charge is 0.354 e. The number of nitrogens with zero attached hydrogens (tertiary/aromatic N) is 3. The number of rotatable bonds is 4. The molecule has 0 atom stereocenters. The van der Waals surface area contributed by atoms with Crippen molar-refractivity contribution in [1.82, 2.24) is 20.2 Å². The second kappa shape index (κ2) is 4.96. The molecule has 2 aromatic rings. The average Bonchev–Trinajstić information content (AvgIpc) is 2.73. The summed E-state index contributed by atoms with van der Waals surface area (Å²) in [5.41, 5.74) is 0.930. The third-order valence-electron chi connectivity index (χ3n) is 1.99. The molecule has 17 heavy (non-hydrogen) atoms. The molecule has 0 radical (unpaired) electrons. The fourth-order valence-electron chi connectivity index (χ4n) is 1.22. The zero-order chi connectivity index (χ0) is 12.3. The number of hydrogen-bond donors (Lipinski definition) is 2. The highest BCUT2D eigenvalue weighted by atomic mass is 32.2. The van der Waals surface area contributed by atoms with Gasteiger partial charge in [0, 0.05) is 11.9 Å². The number of nitrogens with one attached hydrogen (secondary N) is 1. The van der Waals surface area contributed by atoms with Gasteiger partial charge in [0.15, 0.2) is 0 Å². The topological polar surface area (TPSA) is 91.8 Å². The minimum absolute atomic E-state index is 0.0502. The Morgan fingerprint density at radius 3 is 3.06 bits per heavy atom. The fraction of sp³-hybridized carbons (Fsp3) is 0.200. The Kier molecular flexibility index (Phi) is 3.38. The summed E-state index contributed by atoms with van der Waals surface area (Å²) in [6, 6.07) is 3.33. The van der Waals surface area contributed by atoms with Gasteiger partial charge in [-0.05, 0) is 24.6 Å². The van der Waals surface area contributed by atoms with Crippen LogP contribution in [0.3, 0.4) is 0 Å². The van der Waals surface area contributed by atoms with Crippen molar-refractivity contribution < 1.29 is 9.90 Å². The van der Waals surface area contributed by atoms with Crippen molar-refractivity contribution in [2.75, 3.05) is 0 Å². The number of carboxylic acids is 1. The Morgan fingerprint density at radius 1 is 1.59 bits per heavy atom. The predicted molar refractivity (Wildman–Crippen MR) is 61.9 cm³/mol. The van der Waals surface area contributed by atoms with E-state index in [0.717, 1.165) is 11.4 Å². The Hall–Kier alpha value is -1.89. The maximum absolute atomic E-state index is 10.7. The lowest BCUT2D eigenvalue weighted by Crippen LogP contribution is -2.00. The zero-order valence-electron chi connectivity index (χ0n) is 9.04. The van der Waals surface area contributed by atoms with Crippen LogP contribution in [-0.4, -0.2) is 31.2 Å². The number of aromatic amines is 1. The molecule has 0 bridgehead atoms. The van der Waals surface area contributed by atoms with Gasteiger partial charge in [-0.15, -0.1) is 5.10 Å². The first-order chi connectivity index (χ1) is 8.15. The molecule has 7 heteroatoms. The molecule has 0 unspecified atom stereocenters. The number of aromatic nitrogens is 4. The molecule has 0 aromatic carbocycles. The lowest BCUT2D eigenvalue weighted by atomic mass is 10.2. The van der Waals surface area contributed by atoms with Crippen molar-refractivity contribution in [1.29, 1.82) is 0 Å². The first kappa shape index (κ1) is 11.6. The van der Waals surface area contributed by atoms with Crippen molar-refractivity contribution in [2.45, 2.75) is 17.8 Å². The number of H-pyrrole nitrogens is 1. The minimum Gasteiger partial charge on any atom is -0.477 e. The molecule has 0 aliphatic rings. The van der Waals surface area contributed by atoms with Gasteiger partial charge >= 0.3 is 5.97 Å². The highest BCUT2D eigenvalue weighted by Gasteiger charge is 2.06. The first-order valence-corrected chi connectivity index (χ1v) is 5.84. The maximum Gasteiger partial charge on any atom is 0.354 e. The molecule has 2 aromatic heterocycles. The average molecular weight is 250 g/mol. The van der Waals surface area contributed by atoms with Crippen molar-refractivity contribution in [3.05, 3.63) is 35.4 Å². The Labute approximate surface area is 101 Å². The highest BCUT2D eigenvalue weighted by Crippen LogP contribution is 2.18. The van der Waals surface area contributed by atoms with E-state index in [9.17, 15) is 4.79 Å². The quantitative estimate of drug-likeness (QED) is 0.799. The summed E-state index contributed by atoms with van der Waals surface area (Å²) < 4.78 is 0. The molecule has 0 aliphatic heterocycles. The normalized spacial score (nSPS) is 10.4. The van der Waals surface area contributed by atoms with E-state index in [-0.39, 0.29) is 5.69 Å². The van der Waals surface area contributed by atoms with Crippen LogP contribution in [0.15, 0.2) is 23.5 Å². The van der Waals surface area contributed by atoms with Gasteiger partial charge in [0.25, 0.3) is 0 Å². The molecular formula is C10H10N4O2S. The molecule has 2 rings (SSSR count). The molecule has 0 fully saturated rings. The van der Waals surface area contributed by atoms with Crippen LogP contribution in [-0.2, 0) is 5.75 Å². The number of aromatic carboxylic acids is 1. The van der Waals surface area contributed by atoms with E-state index in [2.05, 4.69) is 20.2 Å². The van der Waals surface area contributed by atoms with E-state index in [1.165, 1.54) is 18.0 Å². The summed E-state index contributed by atoms with van der Waals surface area (Å²) in [6.45, 7) is 1.83. The van der Waals surface area contributed by atoms with Crippen LogP contribution in [0.1, 0.15) is 21.9 Å². The van der Waals surface area contributed by atoms with Gasteiger partial charge in [-0.1, -0.05) is 11.8 Å². The van der Waals surface area contributed by atoms with Gasteiger partial charge in [0.2, 0.25) is 5.16 Å². The highest BCUT2D eigenvalue weighted by molar-refractivity contribution is 7.98. The number of thioether (sulfide) groups is 1. The van der Waals surface area contributed by atoms with Gasteiger partial charge in [-0.2, -0.15) is 0 Å². The Morgan fingerprint density at radius 2 is 2.41 bits per heavy atom. The van der Waals surface area contributed by atoms with E-state index in [1.807, 2.05) is 6.92 Å². The van der Waals surface area contributed by atoms with Crippen LogP contribution in [0.2, 0.25) is 0 Å².